The number of alkyl halides is 3. The Hall–Kier alpha value is -1.46. The van der Waals surface area contributed by atoms with Gasteiger partial charge in [-0.2, -0.15) is 13.2 Å². The predicted octanol–water partition coefficient (Wildman–Crippen LogP) is 4.70. The van der Waals surface area contributed by atoms with Crippen molar-refractivity contribution in [1.29, 1.82) is 0 Å². The van der Waals surface area contributed by atoms with Crippen molar-refractivity contribution in [3.63, 3.8) is 0 Å². The second-order valence-corrected chi connectivity index (χ2v) is 5.57. The number of hydrogen-bond acceptors (Lipinski definition) is 2. The van der Waals surface area contributed by atoms with E-state index in [4.69, 9.17) is 0 Å². The van der Waals surface area contributed by atoms with Crippen LogP contribution in [0, 0.1) is 0 Å². The molecule has 1 N–H and O–H groups in total. The average Bonchev–Trinajstić information content (AvgIpc) is 2.47. The zero-order valence-electron chi connectivity index (χ0n) is 11.4. The van der Waals surface area contributed by atoms with Crippen molar-refractivity contribution >= 4 is 11.8 Å². The maximum Gasteiger partial charge on any atom is 0.416 e. The summed E-state index contributed by atoms with van der Waals surface area (Å²) in [6.07, 6.45) is -3.07. The molecule has 0 radical (unpaired) electrons. The number of thioether (sulfide) groups is 1. The normalized spacial score (nSPS) is 13.2. The van der Waals surface area contributed by atoms with Crippen molar-refractivity contribution in [2.75, 3.05) is 6.26 Å². The van der Waals surface area contributed by atoms with Crippen LogP contribution in [0.1, 0.15) is 22.8 Å². The Morgan fingerprint density at radius 1 is 1.10 bits per heavy atom. The molecule has 2 aromatic rings. The lowest BCUT2D eigenvalue weighted by Crippen LogP contribution is -2.07. The largest absolute Gasteiger partial charge is 0.416 e. The molecule has 5 heteroatoms. The summed E-state index contributed by atoms with van der Waals surface area (Å²) in [7, 11) is 0. The van der Waals surface area contributed by atoms with E-state index in [-0.39, 0.29) is 6.42 Å². The van der Waals surface area contributed by atoms with Crippen molar-refractivity contribution in [2.24, 2.45) is 0 Å². The Bertz CT molecular complexity index is 593. The third-order valence-electron chi connectivity index (χ3n) is 3.18. The van der Waals surface area contributed by atoms with Gasteiger partial charge in [0.25, 0.3) is 0 Å². The van der Waals surface area contributed by atoms with E-state index in [1.807, 2.05) is 18.4 Å². The van der Waals surface area contributed by atoms with E-state index in [1.54, 1.807) is 30.0 Å². The number of hydrogen-bond donors (Lipinski definition) is 1. The Kier molecular flexibility index (Phi) is 4.96. The van der Waals surface area contributed by atoms with Crippen LogP contribution in [0.2, 0.25) is 0 Å². The van der Waals surface area contributed by atoms with Gasteiger partial charge in [0.2, 0.25) is 0 Å². The Labute approximate surface area is 125 Å². The first-order valence-electron chi connectivity index (χ1n) is 6.38. The smallest absolute Gasteiger partial charge is 0.388 e. The van der Waals surface area contributed by atoms with Gasteiger partial charge in [0.05, 0.1) is 11.7 Å². The number of halogens is 3. The van der Waals surface area contributed by atoms with Gasteiger partial charge >= 0.3 is 6.18 Å². The third-order valence-corrected chi connectivity index (χ3v) is 3.93. The molecule has 0 spiro atoms. The first kappa shape index (κ1) is 15.9. The number of aliphatic hydroxyl groups excluding tert-OH is 1. The molecular formula is C16H15F3OS. The molecule has 0 aliphatic carbocycles. The molecule has 0 aliphatic rings. The van der Waals surface area contributed by atoms with E-state index in [0.29, 0.717) is 11.1 Å². The van der Waals surface area contributed by atoms with Crippen LogP contribution in [0.3, 0.4) is 0 Å². The van der Waals surface area contributed by atoms with Crippen LogP contribution >= 0.6 is 11.8 Å². The Morgan fingerprint density at radius 2 is 1.76 bits per heavy atom. The topological polar surface area (TPSA) is 20.2 Å². The summed E-state index contributed by atoms with van der Waals surface area (Å²) >= 11 is 1.59. The maximum absolute atomic E-state index is 12.6. The zero-order valence-corrected chi connectivity index (χ0v) is 12.2. The quantitative estimate of drug-likeness (QED) is 0.826. The van der Waals surface area contributed by atoms with Gasteiger partial charge in [0, 0.05) is 11.3 Å². The monoisotopic (exact) mass is 312 g/mol. The molecule has 0 fully saturated rings. The number of rotatable bonds is 4. The molecular weight excluding hydrogens is 297 g/mol. The first-order chi connectivity index (χ1) is 9.90. The van der Waals surface area contributed by atoms with E-state index < -0.39 is 17.8 Å². The van der Waals surface area contributed by atoms with Gasteiger partial charge < -0.3 is 5.11 Å². The van der Waals surface area contributed by atoms with Gasteiger partial charge in [-0.05, 0) is 35.6 Å². The lowest BCUT2D eigenvalue weighted by molar-refractivity contribution is -0.137. The zero-order chi connectivity index (χ0) is 15.5. The summed E-state index contributed by atoms with van der Waals surface area (Å²) in [6, 6.07) is 12.4. The Morgan fingerprint density at radius 3 is 2.33 bits per heavy atom. The summed E-state index contributed by atoms with van der Waals surface area (Å²) < 4.78 is 37.9. The van der Waals surface area contributed by atoms with Crippen molar-refractivity contribution in [3.8, 4) is 0 Å². The maximum atomic E-state index is 12.6. The van der Waals surface area contributed by atoms with E-state index in [2.05, 4.69) is 0 Å². The standard InChI is InChI=1S/C16H15F3OS/c1-21-14-7-5-12(6-8-14)15(20)10-11-3-2-4-13(9-11)16(17,18)19/h2-9,15,20H,10H2,1H3. The van der Waals surface area contributed by atoms with Crippen LogP contribution in [0.25, 0.3) is 0 Å². The van der Waals surface area contributed by atoms with E-state index in [1.165, 1.54) is 6.07 Å². The lowest BCUT2D eigenvalue weighted by Gasteiger charge is -2.13. The van der Waals surface area contributed by atoms with Gasteiger partial charge in [0.15, 0.2) is 0 Å². The highest BCUT2D eigenvalue weighted by atomic mass is 32.2. The molecule has 0 saturated heterocycles. The minimum absolute atomic E-state index is 0.155. The Balaban J connectivity index is 2.13. The van der Waals surface area contributed by atoms with Crippen LogP contribution < -0.4 is 0 Å². The van der Waals surface area contributed by atoms with Gasteiger partial charge in [-0.15, -0.1) is 11.8 Å². The summed E-state index contributed by atoms with van der Waals surface area (Å²) in [5, 5.41) is 10.1. The van der Waals surface area contributed by atoms with Gasteiger partial charge in [0.1, 0.15) is 0 Å². The molecule has 21 heavy (non-hydrogen) atoms. The lowest BCUT2D eigenvalue weighted by atomic mass is 10.00. The van der Waals surface area contributed by atoms with Crippen molar-refractivity contribution in [1.82, 2.24) is 0 Å². The molecule has 112 valence electrons. The van der Waals surface area contributed by atoms with Crippen molar-refractivity contribution in [2.45, 2.75) is 23.6 Å². The van der Waals surface area contributed by atoms with E-state index in [0.717, 1.165) is 17.0 Å². The molecule has 0 amide bonds. The summed E-state index contributed by atoms with van der Waals surface area (Å²) in [5.41, 5.74) is 0.474. The fraction of sp³-hybridized carbons (Fsp3) is 0.250. The number of aliphatic hydroxyl groups is 1. The molecule has 0 heterocycles. The molecule has 1 unspecified atom stereocenters. The van der Waals surface area contributed by atoms with E-state index >= 15 is 0 Å². The highest BCUT2D eigenvalue weighted by Gasteiger charge is 2.30. The van der Waals surface area contributed by atoms with Crippen LogP contribution in [-0.2, 0) is 12.6 Å². The third kappa shape index (κ3) is 4.25. The van der Waals surface area contributed by atoms with Gasteiger partial charge in [-0.3, -0.25) is 0 Å². The second-order valence-electron chi connectivity index (χ2n) is 4.69. The van der Waals surface area contributed by atoms with E-state index in [9.17, 15) is 18.3 Å². The van der Waals surface area contributed by atoms with Gasteiger partial charge in [-0.1, -0.05) is 30.3 Å². The molecule has 0 aromatic heterocycles. The van der Waals surface area contributed by atoms with Crippen LogP contribution in [0.15, 0.2) is 53.4 Å². The summed E-state index contributed by atoms with van der Waals surface area (Å²) in [4.78, 5) is 1.07. The minimum atomic E-state index is -4.36. The number of benzene rings is 2. The highest BCUT2D eigenvalue weighted by Crippen LogP contribution is 2.30. The molecule has 2 aromatic carbocycles. The average molecular weight is 312 g/mol. The molecule has 1 atom stereocenters. The highest BCUT2D eigenvalue weighted by molar-refractivity contribution is 7.98. The summed E-state index contributed by atoms with van der Waals surface area (Å²) in [5.74, 6) is 0. The summed E-state index contributed by atoms with van der Waals surface area (Å²) in [6.45, 7) is 0. The fourth-order valence-electron chi connectivity index (χ4n) is 2.04. The molecule has 2 rings (SSSR count). The van der Waals surface area contributed by atoms with Crippen LogP contribution in [0.4, 0.5) is 13.2 Å². The fourth-order valence-corrected chi connectivity index (χ4v) is 2.45. The molecule has 0 saturated carbocycles. The minimum Gasteiger partial charge on any atom is -0.388 e. The van der Waals surface area contributed by atoms with Crippen LogP contribution in [0.5, 0.6) is 0 Å². The molecule has 0 bridgehead atoms. The van der Waals surface area contributed by atoms with Crippen molar-refractivity contribution in [3.05, 3.63) is 65.2 Å². The first-order valence-corrected chi connectivity index (χ1v) is 7.61. The molecule has 0 aliphatic heterocycles. The predicted molar refractivity (Wildman–Crippen MR) is 78.3 cm³/mol. The van der Waals surface area contributed by atoms with Crippen molar-refractivity contribution < 1.29 is 18.3 Å². The van der Waals surface area contributed by atoms with Crippen LogP contribution in [-0.4, -0.2) is 11.4 Å². The van der Waals surface area contributed by atoms with Gasteiger partial charge in [-0.25, -0.2) is 0 Å². The molecule has 1 nitrogen and oxygen atoms in total. The SMILES string of the molecule is CSc1ccc(C(O)Cc2cccc(C(F)(F)F)c2)cc1. The second kappa shape index (κ2) is 6.54.